The number of thiol groups is 1. The van der Waals surface area contributed by atoms with E-state index in [2.05, 4.69) is 49.8 Å². The SMILES string of the molecule is CO[C@@H](CCOC(=O)CS)[C@@H](OC(=O)Nc1ccc(Br)cc1)c1cc(Br)ccc1O. The lowest BCUT2D eigenvalue weighted by Gasteiger charge is -2.27. The average Bonchev–Trinajstić information content (AvgIpc) is 2.73. The molecular formula is C20H21Br2NO6S. The smallest absolute Gasteiger partial charge is 0.412 e. The van der Waals surface area contributed by atoms with Gasteiger partial charge in [-0.15, -0.1) is 0 Å². The third-order valence-electron chi connectivity index (χ3n) is 4.06. The first-order valence-corrected chi connectivity index (χ1v) is 11.1. The molecule has 0 aliphatic heterocycles. The average molecular weight is 563 g/mol. The standard InChI is InChI=1S/C20H21Br2NO6S/c1-27-17(8-9-28-18(25)11-30)19(15-10-13(22)4-7-16(15)24)29-20(26)23-14-5-2-12(21)3-6-14/h2-7,10,17,19,24,30H,8-9,11H2,1H3,(H,23,26)/t17-,19-/m0/s1. The Balaban J connectivity index is 2.21. The fourth-order valence-corrected chi connectivity index (χ4v) is 3.35. The van der Waals surface area contributed by atoms with Gasteiger partial charge in [0.15, 0.2) is 6.10 Å². The third kappa shape index (κ3) is 7.50. The monoisotopic (exact) mass is 561 g/mol. The summed E-state index contributed by atoms with van der Waals surface area (Å²) >= 11 is 10.5. The third-order valence-corrected chi connectivity index (χ3v) is 5.34. The van der Waals surface area contributed by atoms with E-state index in [1.807, 2.05) is 0 Å². The van der Waals surface area contributed by atoms with E-state index in [4.69, 9.17) is 14.2 Å². The van der Waals surface area contributed by atoms with Gasteiger partial charge in [-0.1, -0.05) is 31.9 Å². The number of aromatic hydroxyl groups is 1. The molecule has 0 fully saturated rings. The number of halogens is 2. The van der Waals surface area contributed by atoms with Crippen molar-refractivity contribution in [2.24, 2.45) is 0 Å². The normalized spacial score (nSPS) is 12.7. The predicted octanol–water partition coefficient (Wildman–Crippen LogP) is 5.09. The van der Waals surface area contributed by atoms with Crippen molar-refractivity contribution in [2.75, 3.05) is 24.8 Å². The Morgan fingerprint density at radius 2 is 1.80 bits per heavy atom. The lowest BCUT2D eigenvalue weighted by atomic mass is 10.0. The molecule has 2 N–H and O–H groups in total. The van der Waals surface area contributed by atoms with Crippen LogP contribution in [0, 0.1) is 0 Å². The molecule has 2 atom stereocenters. The van der Waals surface area contributed by atoms with Gasteiger partial charge in [0.1, 0.15) is 11.9 Å². The summed E-state index contributed by atoms with van der Waals surface area (Å²) in [6.07, 6.45) is -2.14. The van der Waals surface area contributed by atoms with Crippen LogP contribution in [0.25, 0.3) is 0 Å². The Morgan fingerprint density at radius 1 is 1.13 bits per heavy atom. The summed E-state index contributed by atoms with van der Waals surface area (Å²) in [6.45, 7) is 0.0425. The molecule has 0 saturated carbocycles. The molecule has 10 heteroatoms. The maximum Gasteiger partial charge on any atom is 0.412 e. The molecule has 0 spiro atoms. The van der Waals surface area contributed by atoms with Crippen LogP contribution in [0.1, 0.15) is 18.1 Å². The van der Waals surface area contributed by atoms with Crippen LogP contribution in [-0.2, 0) is 19.0 Å². The van der Waals surface area contributed by atoms with Crippen LogP contribution in [0.4, 0.5) is 10.5 Å². The lowest BCUT2D eigenvalue weighted by Crippen LogP contribution is -2.29. The molecule has 30 heavy (non-hydrogen) atoms. The van der Waals surface area contributed by atoms with E-state index in [1.165, 1.54) is 13.2 Å². The number of amides is 1. The zero-order valence-corrected chi connectivity index (χ0v) is 20.1. The van der Waals surface area contributed by atoms with Gasteiger partial charge in [0.25, 0.3) is 0 Å². The van der Waals surface area contributed by atoms with Crippen molar-refractivity contribution in [1.29, 1.82) is 0 Å². The number of phenolic OH excluding ortho intramolecular Hbond substituents is 1. The van der Waals surface area contributed by atoms with Crippen molar-refractivity contribution in [2.45, 2.75) is 18.6 Å². The molecule has 7 nitrogen and oxygen atoms in total. The number of ether oxygens (including phenoxy) is 3. The van der Waals surface area contributed by atoms with Crippen molar-refractivity contribution >= 4 is 62.2 Å². The number of phenols is 1. The van der Waals surface area contributed by atoms with Gasteiger partial charge in [-0.25, -0.2) is 4.79 Å². The Hall–Kier alpha value is -1.75. The largest absolute Gasteiger partial charge is 0.508 e. The van der Waals surface area contributed by atoms with E-state index in [0.717, 1.165) is 4.47 Å². The zero-order valence-electron chi connectivity index (χ0n) is 16.0. The summed E-state index contributed by atoms with van der Waals surface area (Å²) in [5.74, 6) is -0.572. The highest BCUT2D eigenvalue weighted by atomic mass is 79.9. The number of carbonyl (C=O) groups excluding carboxylic acids is 2. The molecule has 0 saturated heterocycles. The second-order valence-corrected chi connectivity index (χ2v) is 8.25. The van der Waals surface area contributed by atoms with Crippen molar-refractivity contribution in [3.05, 3.63) is 57.0 Å². The molecule has 1 amide bonds. The number of methoxy groups -OCH3 is 1. The summed E-state index contributed by atoms with van der Waals surface area (Å²) in [7, 11) is 1.45. The first-order valence-electron chi connectivity index (χ1n) is 8.85. The highest BCUT2D eigenvalue weighted by molar-refractivity contribution is 9.10. The molecule has 0 aromatic heterocycles. The Labute approximate surface area is 196 Å². The highest BCUT2D eigenvalue weighted by Crippen LogP contribution is 2.34. The molecule has 162 valence electrons. The number of hydrogen-bond donors (Lipinski definition) is 3. The van der Waals surface area contributed by atoms with Gasteiger partial charge in [-0.05, 0) is 42.5 Å². The van der Waals surface area contributed by atoms with E-state index < -0.39 is 24.3 Å². The number of nitrogens with one attached hydrogen (secondary N) is 1. The maximum atomic E-state index is 12.5. The van der Waals surface area contributed by atoms with Crippen LogP contribution in [0.5, 0.6) is 5.75 Å². The van der Waals surface area contributed by atoms with Crippen LogP contribution in [-0.4, -0.2) is 42.7 Å². The molecule has 2 aromatic carbocycles. The van der Waals surface area contributed by atoms with Gasteiger partial charge in [0.2, 0.25) is 0 Å². The number of benzene rings is 2. The number of hydrogen-bond acceptors (Lipinski definition) is 7. The van der Waals surface area contributed by atoms with E-state index in [1.54, 1.807) is 36.4 Å². The molecule has 0 radical (unpaired) electrons. The minimum absolute atomic E-state index is 0.0421. The van der Waals surface area contributed by atoms with Crippen LogP contribution >= 0.6 is 44.5 Å². The van der Waals surface area contributed by atoms with Gasteiger partial charge >= 0.3 is 12.1 Å². The van der Waals surface area contributed by atoms with Crippen molar-refractivity contribution < 1.29 is 28.9 Å². The van der Waals surface area contributed by atoms with E-state index in [0.29, 0.717) is 15.7 Å². The van der Waals surface area contributed by atoms with Crippen molar-refractivity contribution in [3.63, 3.8) is 0 Å². The van der Waals surface area contributed by atoms with Gasteiger partial charge < -0.3 is 19.3 Å². The van der Waals surface area contributed by atoms with Crippen LogP contribution < -0.4 is 5.32 Å². The van der Waals surface area contributed by atoms with Gasteiger partial charge in [-0.3, -0.25) is 10.1 Å². The van der Waals surface area contributed by atoms with Crippen LogP contribution in [0.15, 0.2) is 51.4 Å². The van der Waals surface area contributed by atoms with Crippen molar-refractivity contribution in [1.82, 2.24) is 0 Å². The van der Waals surface area contributed by atoms with Crippen molar-refractivity contribution in [3.8, 4) is 5.75 Å². The number of esters is 1. The fourth-order valence-electron chi connectivity index (χ4n) is 2.62. The molecule has 0 heterocycles. The van der Waals surface area contributed by atoms with Crippen LogP contribution in [0.2, 0.25) is 0 Å². The molecule has 0 aliphatic rings. The Bertz CT molecular complexity index is 865. The molecule has 0 bridgehead atoms. The summed E-state index contributed by atoms with van der Waals surface area (Å²) in [5, 5.41) is 13.0. The zero-order chi connectivity index (χ0) is 22.1. The van der Waals surface area contributed by atoms with E-state index >= 15 is 0 Å². The minimum atomic E-state index is -0.961. The second kappa shape index (κ2) is 12.2. The van der Waals surface area contributed by atoms with Gasteiger partial charge in [0, 0.05) is 33.7 Å². The number of rotatable bonds is 9. The minimum Gasteiger partial charge on any atom is -0.508 e. The highest BCUT2D eigenvalue weighted by Gasteiger charge is 2.30. The van der Waals surface area contributed by atoms with Crippen LogP contribution in [0.3, 0.4) is 0 Å². The summed E-state index contributed by atoms with van der Waals surface area (Å²) in [5.41, 5.74) is 0.889. The Kier molecular flexibility index (Phi) is 9.96. The van der Waals surface area contributed by atoms with Gasteiger partial charge in [-0.2, -0.15) is 12.6 Å². The summed E-state index contributed by atoms with van der Waals surface area (Å²) in [6, 6.07) is 11.8. The lowest BCUT2D eigenvalue weighted by molar-refractivity contribution is -0.141. The maximum absolute atomic E-state index is 12.5. The molecule has 0 aliphatic carbocycles. The van der Waals surface area contributed by atoms with E-state index in [-0.39, 0.29) is 24.5 Å². The molecule has 2 aromatic rings. The first-order chi connectivity index (χ1) is 14.3. The quantitative estimate of drug-likeness (QED) is 0.291. The second-order valence-electron chi connectivity index (χ2n) is 6.10. The number of anilines is 1. The van der Waals surface area contributed by atoms with E-state index in [9.17, 15) is 14.7 Å². The number of carbonyl (C=O) groups is 2. The molecular weight excluding hydrogens is 542 g/mol. The van der Waals surface area contributed by atoms with Gasteiger partial charge in [0.05, 0.1) is 12.4 Å². The first kappa shape index (κ1) is 24.5. The fraction of sp³-hybridized carbons (Fsp3) is 0.300. The summed E-state index contributed by atoms with van der Waals surface area (Å²) in [4.78, 5) is 23.9. The Morgan fingerprint density at radius 3 is 2.43 bits per heavy atom. The summed E-state index contributed by atoms with van der Waals surface area (Å²) < 4.78 is 17.7. The topological polar surface area (TPSA) is 94.1 Å². The molecule has 0 unspecified atom stereocenters. The predicted molar refractivity (Wildman–Crippen MR) is 123 cm³/mol. The molecule has 2 rings (SSSR count).